The van der Waals surface area contributed by atoms with E-state index >= 15 is 0 Å². The largest absolute Gasteiger partial charge is 0.419 e. The Morgan fingerprint density at radius 3 is 2.56 bits per heavy atom. The van der Waals surface area contributed by atoms with Crippen LogP contribution in [-0.4, -0.2) is 83.1 Å². The molecule has 14 heteroatoms. The van der Waals surface area contributed by atoms with Gasteiger partial charge < -0.3 is 19.9 Å². The summed E-state index contributed by atoms with van der Waals surface area (Å²) in [6.45, 7) is 4.33. The topological polar surface area (TPSA) is 129 Å². The van der Waals surface area contributed by atoms with E-state index in [1.165, 1.54) is 12.4 Å². The van der Waals surface area contributed by atoms with E-state index < -0.39 is 17.3 Å². The number of nitrogens with one attached hydrogen (secondary N) is 2. The second kappa shape index (κ2) is 11.5. The zero-order chi connectivity index (χ0) is 24.6. The number of piperazine rings is 1. The number of nitrogens with zero attached hydrogens (tertiary/aromatic N) is 6. The van der Waals surface area contributed by atoms with Crippen LogP contribution in [0.15, 0.2) is 28.4 Å². The highest BCUT2D eigenvalue weighted by Gasteiger charge is 2.32. The fourth-order valence-electron chi connectivity index (χ4n) is 3.24. The maximum atomic E-state index is 12.6. The highest BCUT2D eigenvalue weighted by Crippen LogP contribution is 2.28. The molecule has 3 heterocycles. The van der Waals surface area contributed by atoms with Gasteiger partial charge in [-0.25, -0.2) is 15.1 Å². The third-order valence-electron chi connectivity index (χ3n) is 4.99. The predicted octanol–water partition coefficient (Wildman–Crippen LogP) is 1.47. The van der Waals surface area contributed by atoms with Gasteiger partial charge in [-0.2, -0.15) is 18.3 Å². The lowest BCUT2D eigenvalue weighted by Gasteiger charge is -2.34. The van der Waals surface area contributed by atoms with E-state index in [1.807, 2.05) is 0 Å². The second-order valence-corrected chi connectivity index (χ2v) is 7.28. The van der Waals surface area contributed by atoms with Crippen molar-refractivity contribution in [2.24, 2.45) is 4.99 Å². The van der Waals surface area contributed by atoms with Crippen LogP contribution in [0.3, 0.4) is 0 Å². The summed E-state index contributed by atoms with van der Waals surface area (Å²) in [5.74, 6) is 0.138. The zero-order valence-corrected chi connectivity index (χ0v) is 18.5. The fourth-order valence-corrected chi connectivity index (χ4v) is 3.24. The number of aromatic amines is 1. The third kappa shape index (κ3) is 6.73. The first-order valence-corrected chi connectivity index (χ1v) is 10.6. The summed E-state index contributed by atoms with van der Waals surface area (Å²) in [5.41, 5.74) is -0.589. The van der Waals surface area contributed by atoms with Crippen molar-refractivity contribution in [3.05, 3.63) is 34.5 Å². The highest BCUT2D eigenvalue weighted by molar-refractivity contribution is 5.76. The molecule has 0 aromatic carbocycles. The van der Waals surface area contributed by atoms with E-state index in [1.54, 1.807) is 16.7 Å². The summed E-state index contributed by atoms with van der Waals surface area (Å²) < 4.78 is 43.4. The minimum atomic E-state index is -4.48. The molecule has 0 aliphatic carbocycles. The Morgan fingerprint density at radius 2 is 1.91 bits per heavy atom. The number of carbonyl (C=O) groups is 1. The zero-order valence-electron chi connectivity index (χ0n) is 18.5. The second-order valence-electron chi connectivity index (χ2n) is 7.28. The van der Waals surface area contributed by atoms with Crippen molar-refractivity contribution in [2.45, 2.75) is 19.5 Å². The van der Waals surface area contributed by atoms with Gasteiger partial charge in [-0.15, -0.1) is 0 Å². The number of H-pyrrole nitrogens is 1. The van der Waals surface area contributed by atoms with E-state index in [0.29, 0.717) is 45.0 Å². The monoisotopic (exact) mass is 482 g/mol. The molecule has 184 valence electrons. The Labute approximate surface area is 193 Å². The molecule has 0 unspecified atom stereocenters. The van der Waals surface area contributed by atoms with Crippen molar-refractivity contribution in [1.82, 2.24) is 25.1 Å². The maximum absolute atomic E-state index is 12.6. The smallest absolute Gasteiger partial charge is 0.380 e. The van der Waals surface area contributed by atoms with Crippen LogP contribution < -0.4 is 15.8 Å². The van der Waals surface area contributed by atoms with Crippen LogP contribution >= 0.6 is 0 Å². The Bertz CT molecular complexity index is 1030. The first-order chi connectivity index (χ1) is 16.3. The van der Waals surface area contributed by atoms with Gasteiger partial charge in [-0.1, -0.05) is 0 Å². The summed E-state index contributed by atoms with van der Waals surface area (Å²) >= 11 is 0. The van der Waals surface area contributed by atoms with Crippen LogP contribution in [0.2, 0.25) is 0 Å². The Hall–Kier alpha value is -3.55. The Balaban J connectivity index is 1.34. The average Bonchev–Trinajstić information content (AvgIpc) is 2.83. The van der Waals surface area contributed by atoms with Gasteiger partial charge in [-0.05, 0) is 6.92 Å². The van der Waals surface area contributed by atoms with Gasteiger partial charge in [-0.3, -0.25) is 14.6 Å². The van der Waals surface area contributed by atoms with Gasteiger partial charge in [0, 0.05) is 51.3 Å². The van der Waals surface area contributed by atoms with Crippen molar-refractivity contribution in [3.63, 3.8) is 0 Å². The molecule has 0 atom stereocenters. The normalized spacial score (nSPS) is 14.6. The molecule has 34 heavy (non-hydrogen) atoms. The quantitative estimate of drug-likeness (QED) is 0.406. The van der Waals surface area contributed by atoms with Gasteiger partial charge in [0.15, 0.2) is 5.69 Å². The van der Waals surface area contributed by atoms with Crippen molar-refractivity contribution < 1.29 is 22.7 Å². The number of alkyl halides is 3. The van der Waals surface area contributed by atoms with Crippen LogP contribution in [0.25, 0.3) is 0 Å². The van der Waals surface area contributed by atoms with E-state index in [4.69, 9.17) is 4.74 Å². The minimum Gasteiger partial charge on any atom is -0.380 e. The minimum absolute atomic E-state index is 0.0701. The molecule has 0 radical (unpaired) electrons. The van der Waals surface area contributed by atoms with Crippen LogP contribution in [0, 0.1) is 0 Å². The molecule has 1 aliphatic rings. The van der Waals surface area contributed by atoms with Crippen LogP contribution in [0.1, 0.15) is 18.9 Å². The highest BCUT2D eigenvalue weighted by atomic mass is 19.4. The summed E-state index contributed by atoms with van der Waals surface area (Å²) in [6, 6.07) is 0. The lowest BCUT2D eigenvalue weighted by molar-refractivity contribution is -0.138. The van der Waals surface area contributed by atoms with Crippen LogP contribution in [0.5, 0.6) is 0 Å². The molecular formula is C20H25F3N8O3. The van der Waals surface area contributed by atoms with Crippen LogP contribution in [-0.2, 0) is 15.7 Å². The lowest BCUT2D eigenvalue weighted by atomic mass is 10.3. The van der Waals surface area contributed by atoms with Crippen molar-refractivity contribution in [3.8, 4) is 0 Å². The number of hydrogen-bond donors (Lipinski definition) is 2. The third-order valence-corrected chi connectivity index (χ3v) is 4.99. The summed E-state index contributed by atoms with van der Waals surface area (Å²) in [6.07, 6.45) is 0.213. The number of hydrogen-bond acceptors (Lipinski definition) is 9. The van der Waals surface area contributed by atoms with Crippen molar-refractivity contribution in [1.29, 1.82) is 0 Å². The molecule has 1 saturated heterocycles. The SMILES string of the molecule is C/C=N/c1c(NCCOCCC(=O)N2CCN(c3ncc(C(F)(F)F)cn3)CC2)cn[nH]c1=O. The number of carbonyl (C=O) groups excluding carboxylic acids is 1. The number of amides is 1. The first kappa shape index (κ1) is 25.1. The van der Waals surface area contributed by atoms with Crippen LogP contribution in [0.4, 0.5) is 30.5 Å². The Kier molecular flexibility index (Phi) is 8.51. The molecule has 2 N–H and O–H groups in total. The van der Waals surface area contributed by atoms with Crippen molar-refractivity contribution in [2.75, 3.05) is 56.2 Å². The number of halogens is 3. The van der Waals surface area contributed by atoms with Gasteiger partial charge in [0.1, 0.15) is 0 Å². The molecule has 2 aromatic rings. The predicted molar refractivity (Wildman–Crippen MR) is 118 cm³/mol. The molecule has 1 fully saturated rings. The van der Waals surface area contributed by atoms with Gasteiger partial charge >= 0.3 is 6.18 Å². The molecule has 1 aliphatic heterocycles. The van der Waals surface area contributed by atoms with Gasteiger partial charge in [0.2, 0.25) is 11.9 Å². The van der Waals surface area contributed by atoms with Gasteiger partial charge in [0.05, 0.1) is 37.1 Å². The lowest BCUT2D eigenvalue weighted by Crippen LogP contribution is -2.49. The molecule has 2 aromatic heterocycles. The van der Waals surface area contributed by atoms with Gasteiger partial charge in [0.25, 0.3) is 5.56 Å². The standard InChI is InChI=1S/C20H25F3N8O3/c1-2-24-17-15(13-28-29-18(17)33)25-4-10-34-9-3-16(32)30-5-7-31(8-6-30)19-26-11-14(12-27-19)20(21,22)23/h2,11-13H,3-10H2,1H3,(H2,25,29,33)/b24-2+. The summed E-state index contributed by atoms with van der Waals surface area (Å²) in [5, 5.41) is 9.08. The molecule has 1 amide bonds. The van der Waals surface area contributed by atoms with E-state index in [9.17, 15) is 22.8 Å². The molecule has 0 spiro atoms. The van der Waals surface area contributed by atoms with E-state index in [-0.39, 0.29) is 30.6 Å². The number of aliphatic imine (C=N–C) groups is 1. The molecule has 11 nitrogen and oxygen atoms in total. The average molecular weight is 482 g/mol. The molecule has 3 rings (SSSR count). The molecular weight excluding hydrogens is 457 g/mol. The fraction of sp³-hybridized carbons (Fsp3) is 0.500. The number of anilines is 2. The summed E-state index contributed by atoms with van der Waals surface area (Å²) in [4.78, 5) is 39.2. The first-order valence-electron chi connectivity index (χ1n) is 10.6. The number of rotatable bonds is 9. The number of ether oxygens (including phenoxy) is 1. The molecule has 0 saturated carbocycles. The molecule has 0 bridgehead atoms. The number of aromatic nitrogens is 4. The summed E-state index contributed by atoms with van der Waals surface area (Å²) in [7, 11) is 0. The Morgan fingerprint density at radius 1 is 1.21 bits per heavy atom. The van der Waals surface area contributed by atoms with E-state index in [0.717, 1.165) is 12.4 Å². The maximum Gasteiger partial charge on any atom is 0.419 e. The van der Waals surface area contributed by atoms with E-state index in [2.05, 4.69) is 30.5 Å². The van der Waals surface area contributed by atoms with Crippen molar-refractivity contribution >= 4 is 29.4 Å².